The number of hydrogen-bond acceptors (Lipinski definition) is 5. The van der Waals surface area contributed by atoms with Crippen LogP contribution in [0.15, 0.2) is 48.5 Å². The number of carbonyl (C=O) groups is 3. The second kappa shape index (κ2) is 9.26. The fraction of sp³-hybridized carbons (Fsp3) is 0.211. The number of carbonyl (C=O) groups excluding carboxylic acids is 3. The van der Waals surface area contributed by atoms with E-state index in [0.29, 0.717) is 5.69 Å². The van der Waals surface area contributed by atoms with E-state index >= 15 is 0 Å². The van der Waals surface area contributed by atoms with E-state index in [0.717, 1.165) is 11.6 Å². The van der Waals surface area contributed by atoms with E-state index in [4.69, 9.17) is 0 Å². The minimum atomic E-state index is -0.616. The van der Waals surface area contributed by atoms with Crippen LogP contribution in [0, 0.1) is 17.0 Å². The highest BCUT2D eigenvalue weighted by atomic mass is 16.6. The van der Waals surface area contributed by atoms with Gasteiger partial charge in [0.1, 0.15) is 0 Å². The average Bonchev–Trinajstić information content (AvgIpc) is 2.67. The first-order chi connectivity index (χ1) is 13.3. The third-order valence-electron chi connectivity index (χ3n) is 3.86. The first kappa shape index (κ1) is 20.6. The fourth-order valence-corrected chi connectivity index (χ4v) is 2.29. The molecule has 0 atom stereocenters. The Labute approximate surface area is 161 Å². The van der Waals surface area contributed by atoms with Crippen molar-refractivity contribution in [2.75, 3.05) is 25.5 Å². The van der Waals surface area contributed by atoms with Gasteiger partial charge in [0, 0.05) is 30.4 Å². The van der Waals surface area contributed by atoms with Crippen LogP contribution < -0.4 is 10.6 Å². The lowest BCUT2D eigenvalue weighted by molar-refractivity contribution is -0.384. The van der Waals surface area contributed by atoms with E-state index in [-0.39, 0.29) is 30.2 Å². The molecular weight excluding hydrogens is 364 g/mol. The number of hydrogen-bond donors (Lipinski definition) is 2. The van der Waals surface area contributed by atoms with Gasteiger partial charge < -0.3 is 15.5 Å². The molecule has 0 saturated carbocycles. The summed E-state index contributed by atoms with van der Waals surface area (Å²) in [6, 6.07) is 12.4. The van der Waals surface area contributed by atoms with E-state index in [2.05, 4.69) is 10.6 Å². The minimum absolute atomic E-state index is 0.0711. The number of nitro benzene ring substituents is 1. The van der Waals surface area contributed by atoms with Crippen molar-refractivity contribution in [2.45, 2.75) is 6.92 Å². The fourth-order valence-electron chi connectivity index (χ4n) is 2.29. The van der Waals surface area contributed by atoms with Crippen molar-refractivity contribution in [3.8, 4) is 0 Å². The normalized spacial score (nSPS) is 10.1. The summed E-state index contributed by atoms with van der Waals surface area (Å²) in [5.41, 5.74) is 1.53. The largest absolute Gasteiger partial charge is 0.343 e. The van der Waals surface area contributed by atoms with Crippen molar-refractivity contribution in [1.29, 1.82) is 0 Å². The molecule has 2 aromatic carbocycles. The summed E-state index contributed by atoms with van der Waals surface area (Å²) >= 11 is 0. The van der Waals surface area contributed by atoms with E-state index in [1.54, 1.807) is 12.1 Å². The monoisotopic (exact) mass is 384 g/mol. The molecule has 3 amide bonds. The van der Waals surface area contributed by atoms with Crippen LogP contribution in [0.25, 0.3) is 0 Å². The first-order valence-corrected chi connectivity index (χ1v) is 8.39. The van der Waals surface area contributed by atoms with Crippen molar-refractivity contribution in [1.82, 2.24) is 10.2 Å². The lowest BCUT2D eigenvalue weighted by Gasteiger charge is -2.17. The first-order valence-electron chi connectivity index (χ1n) is 8.39. The Kier molecular flexibility index (Phi) is 6.80. The number of nitro groups is 1. The Hall–Kier alpha value is -3.75. The van der Waals surface area contributed by atoms with Crippen molar-refractivity contribution >= 4 is 29.1 Å². The zero-order valence-corrected chi connectivity index (χ0v) is 15.5. The number of anilines is 1. The molecule has 0 aliphatic carbocycles. The number of amides is 3. The third-order valence-corrected chi connectivity index (χ3v) is 3.86. The maximum atomic E-state index is 12.1. The predicted octanol–water partition coefficient (Wildman–Crippen LogP) is 1.73. The quantitative estimate of drug-likeness (QED) is 0.556. The predicted molar refractivity (Wildman–Crippen MR) is 103 cm³/mol. The maximum Gasteiger partial charge on any atom is 0.270 e. The van der Waals surface area contributed by atoms with E-state index < -0.39 is 16.7 Å². The lowest BCUT2D eigenvalue weighted by atomic mass is 10.2. The van der Waals surface area contributed by atoms with Gasteiger partial charge in [-0.15, -0.1) is 0 Å². The minimum Gasteiger partial charge on any atom is -0.343 e. The molecule has 0 unspecified atom stereocenters. The van der Waals surface area contributed by atoms with Crippen LogP contribution in [0.2, 0.25) is 0 Å². The Morgan fingerprint density at radius 1 is 1.11 bits per heavy atom. The van der Waals surface area contributed by atoms with Crippen LogP contribution in [-0.2, 0) is 9.59 Å². The van der Waals surface area contributed by atoms with Crippen LogP contribution >= 0.6 is 0 Å². The van der Waals surface area contributed by atoms with Crippen molar-refractivity contribution in [3.05, 3.63) is 69.8 Å². The van der Waals surface area contributed by atoms with Crippen LogP contribution in [0.5, 0.6) is 0 Å². The van der Waals surface area contributed by atoms with E-state index in [9.17, 15) is 24.5 Å². The molecule has 146 valence electrons. The summed E-state index contributed by atoms with van der Waals surface area (Å²) in [4.78, 5) is 47.5. The summed E-state index contributed by atoms with van der Waals surface area (Å²) in [6.07, 6.45) is 0. The third kappa shape index (κ3) is 5.90. The molecule has 0 spiro atoms. The van der Waals surface area contributed by atoms with E-state index in [1.165, 1.54) is 30.1 Å². The molecule has 9 nitrogen and oxygen atoms in total. The molecule has 0 aliphatic heterocycles. The number of nitrogens with one attached hydrogen (secondary N) is 2. The molecule has 0 aliphatic rings. The maximum absolute atomic E-state index is 12.1. The van der Waals surface area contributed by atoms with Gasteiger partial charge in [0.25, 0.3) is 11.6 Å². The summed E-state index contributed by atoms with van der Waals surface area (Å²) in [5.74, 6) is -1.46. The Balaban J connectivity index is 1.83. The Bertz CT molecular complexity index is 895. The van der Waals surface area contributed by atoms with Crippen LogP contribution in [0.3, 0.4) is 0 Å². The van der Waals surface area contributed by atoms with Gasteiger partial charge in [0.05, 0.1) is 18.0 Å². The summed E-state index contributed by atoms with van der Waals surface area (Å²) in [6.45, 7) is 1.41. The van der Waals surface area contributed by atoms with Gasteiger partial charge in [-0.2, -0.15) is 0 Å². The number of non-ortho nitro benzene ring substituents is 1. The number of likely N-dealkylation sites (N-methyl/N-ethyl adjacent to an activating group) is 1. The summed E-state index contributed by atoms with van der Waals surface area (Å²) in [7, 11) is 1.44. The molecule has 0 radical (unpaired) electrons. The molecule has 2 rings (SSSR count). The summed E-state index contributed by atoms with van der Waals surface area (Å²) < 4.78 is 0. The molecule has 2 N–H and O–H groups in total. The average molecular weight is 384 g/mol. The van der Waals surface area contributed by atoms with Gasteiger partial charge in [-0.1, -0.05) is 23.8 Å². The van der Waals surface area contributed by atoms with Gasteiger partial charge in [-0.3, -0.25) is 24.5 Å². The Morgan fingerprint density at radius 2 is 1.79 bits per heavy atom. The lowest BCUT2D eigenvalue weighted by Crippen LogP contribution is -2.41. The van der Waals surface area contributed by atoms with Crippen molar-refractivity contribution in [2.24, 2.45) is 0 Å². The van der Waals surface area contributed by atoms with Crippen molar-refractivity contribution < 1.29 is 19.3 Å². The van der Waals surface area contributed by atoms with Crippen molar-refractivity contribution in [3.63, 3.8) is 0 Å². The Morgan fingerprint density at radius 3 is 2.43 bits per heavy atom. The smallest absolute Gasteiger partial charge is 0.270 e. The number of aryl methyl sites for hydroxylation is 1. The number of nitrogens with zero attached hydrogens (tertiary/aromatic N) is 2. The molecular formula is C19H20N4O5. The van der Waals surface area contributed by atoms with Crippen LogP contribution in [-0.4, -0.2) is 47.7 Å². The van der Waals surface area contributed by atoms with E-state index in [1.807, 2.05) is 19.1 Å². The SMILES string of the molecule is Cc1ccc(NC(=O)CN(C)C(=O)CNC(=O)c2cccc([N+](=O)[O-])c2)cc1. The molecule has 2 aromatic rings. The molecule has 0 saturated heterocycles. The molecule has 9 heteroatoms. The van der Waals surface area contributed by atoms with Gasteiger partial charge in [-0.25, -0.2) is 0 Å². The zero-order valence-electron chi connectivity index (χ0n) is 15.5. The summed E-state index contributed by atoms with van der Waals surface area (Å²) in [5, 5.41) is 15.8. The van der Waals surface area contributed by atoms with Gasteiger partial charge >= 0.3 is 0 Å². The van der Waals surface area contributed by atoms with Gasteiger partial charge in [-0.05, 0) is 25.1 Å². The standard InChI is InChI=1S/C19H20N4O5/c1-13-6-8-15(9-7-13)21-17(24)12-22(2)18(25)11-20-19(26)14-4-3-5-16(10-14)23(27)28/h3-10H,11-12H2,1-2H3,(H,20,26)(H,21,24). The van der Waals surface area contributed by atoms with Gasteiger partial charge in [0.15, 0.2) is 0 Å². The highest BCUT2D eigenvalue weighted by Gasteiger charge is 2.16. The number of benzene rings is 2. The molecule has 0 heterocycles. The van der Waals surface area contributed by atoms with Gasteiger partial charge in [0.2, 0.25) is 11.8 Å². The molecule has 0 bridgehead atoms. The highest BCUT2D eigenvalue weighted by Crippen LogP contribution is 2.13. The topological polar surface area (TPSA) is 122 Å². The zero-order chi connectivity index (χ0) is 20.7. The molecule has 28 heavy (non-hydrogen) atoms. The van der Waals surface area contributed by atoms with Crippen LogP contribution in [0.1, 0.15) is 15.9 Å². The van der Waals surface area contributed by atoms with Crippen LogP contribution in [0.4, 0.5) is 11.4 Å². The molecule has 0 aromatic heterocycles. The highest BCUT2D eigenvalue weighted by molar-refractivity contribution is 5.98. The molecule has 0 fully saturated rings. The number of rotatable bonds is 7. The second-order valence-corrected chi connectivity index (χ2v) is 6.15. The second-order valence-electron chi connectivity index (χ2n) is 6.15.